The van der Waals surface area contributed by atoms with Gasteiger partial charge in [0.15, 0.2) is 9.84 Å². The second-order valence-corrected chi connectivity index (χ2v) is 15.6. The zero-order chi connectivity index (χ0) is 30.0. The molecule has 8 nitrogen and oxygen atoms in total. The van der Waals surface area contributed by atoms with E-state index < -0.39 is 19.9 Å². The largest absolute Gasteiger partial charge is 0.351 e. The highest BCUT2D eigenvalue weighted by molar-refractivity contribution is 7.90. The topological polar surface area (TPSA) is 104 Å². The van der Waals surface area contributed by atoms with Crippen LogP contribution in [0.5, 0.6) is 0 Å². The van der Waals surface area contributed by atoms with E-state index in [-0.39, 0.29) is 22.9 Å². The molecule has 0 spiro atoms. The van der Waals surface area contributed by atoms with Gasteiger partial charge in [0.25, 0.3) is 5.91 Å². The number of hydrogen-bond acceptors (Lipinski definition) is 6. The van der Waals surface area contributed by atoms with Crippen LogP contribution in [-0.4, -0.2) is 63.4 Å². The number of carbonyl (C=O) groups excluding carboxylic acids is 1. The number of hydrogen-bond donors (Lipinski definition) is 1. The quantitative estimate of drug-likeness (QED) is 0.397. The maximum atomic E-state index is 13.1. The lowest BCUT2D eigenvalue weighted by molar-refractivity contribution is 0.0921. The van der Waals surface area contributed by atoms with Crippen LogP contribution >= 0.6 is 0 Å². The van der Waals surface area contributed by atoms with Crippen molar-refractivity contribution in [2.45, 2.75) is 62.5 Å². The van der Waals surface area contributed by atoms with Crippen LogP contribution in [-0.2, 0) is 39.4 Å². The molecule has 1 aliphatic rings. The summed E-state index contributed by atoms with van der Waals surface area (Å²) in [6.07, 6.45) is 1.73. The van der Waals surface area contributed by atoms with Crippen LogP contribution in [0.3, 0.4) is 0 Å². The summed E-state index contributed by atoms with van der Waals surface area (Å²) in [4.78, 5) is 15.8. The van der Waals surface area contributed by atoms with Crippen molar-refractivity contribution in [1.82, 2.24) is 14.5 Å². The summed E-state index contributed by atoms with van der Waals surface area (Å²) in [6, 6.07) is 19.3. The highest BCUT2D eigenvalue weighted by Gasteiger charge is 2.29. The van der Waals surface area contributed by atoms with Gasteiger partial charge in [0.2, 0.25) is 10.0 Å². The number of benzene rings is 3. The number of amides is 1. The number of sulfonamides is 1. The second-order valence-electron chi connectivity index (χ2n) is 11.6. The molecule has 0 unspecified atom stereocenters. The van der Waals surface area contributed by atoms with Gasteiger partial charge in [0.05, 0.1) is 9.79 Å². The third-order valence-corrected chi connectivity index (χ3v) is 10.4. The summed E-state index contributed by atoms with van der Waals surface area (Å²) in [7, 11) is -6.83. The molecule has 0 fully saturated rings. The Morgan fingerprint density at radius 2 is 1.54 bits per heavy atom. The Kier molecular flexibility index (Phi) is 9.08. The normalized spacial score (nSPS) is 14.6. The lowest BCUT2D eigenvalue weighted by Crippen LogP contribution is -2.45. The standard InChI is InChI=1S/C31H39N3O5S2/c1-23-6-12-29(13-7-23)41(38,39)34-18-16-25-20-26(10-11-27(25)22-34)30(35)32-17-19-33(31(2,3)4)21-24-8-14-28(15-9-24)40(5,36)37/h6-15,20H,16-19,21-22H2,1-5H3,(H,32,35). The predicted molar refractivity (Wildman–Crippen MR) is 161 cm³/mol. The van der Waals surface area contributed by atoms with Gasteiger partial charge >= 0.3 is 0 Å². The molecule has 41 heavy (non-hydrogen) atoms. The van der Waals surface area contributed by atoms with E-state index >= 15 is 0 Å². The van der Waals surface area contributed by atoms with Gasteiger partial charge in [0.1, 0.15) is 0 Å². The average Bonchev–Trinajstić information content (AvgIpc) is 2.91. The molecule has 0 aliphatic carbocycles. The fraction of sp³-hybridized carbons (Fsp3) is 0.387. The first-order chi connectivity index (χ1) is 19.1. The van der Waals surface area contributed by atoms with Crippen LogP contribution in [0.1, 0.15) is 53.4 Å². The Balaban J connectivity index is 1.36. The number of aryl methyl sites for hydroxylation is 1. The van der Waals surface area contributed by atoms with E-state index in [2.05, 4.69) is 31.0 Å². The highest BCUT2D eigenvalue weighted by atomic mass is 32.2. The number of sulfone groups is 1. The molecule has 0 saturated carbocycles. The van der Waals surface area contributed by atoms with Gasteiger partial charge in [-0.25, -0.2) is 16.8 Å². The van der Waals surface area contributed by atoms with Crippen molar-refractivity contribution in [2.24, 2.45) is 0 Å². The van der Waals surface area contributed by atoms with Gasteiger partial charge in [-0.2, -0.15) is 4.31 Å². The van der Waals surface area contributed by atoms with Crippen molar-refractivity contribution in [1.29, 1.82) is 0 Å². The Labute approximate surface area is 244 Å². The second kappa shape index (κ2) is 12.1. The van der Waals surface area contributed by atoms with Crippen molar-refractivity contribution in [3.05, 3.63) is 94.5 Å². The maximum Gasteiger partial charge on any atom is 0.251 e. The van der Waals surface area contributed by atoms with Gasteiger partial charge < -0.3 is 5.32 Å². The van der Waals surface area contributed by atoms with Gasteiger partial charge in [-0.3, -0.25) is 9.69 Å². The molecule has 220 valence electrons. The number of carbonyl (C=O) groups is 1. The van der Waals surface area contributed by atoms with E-state index in [1.165, 1.54) is 10.6 Å². The summed E-state index contributed by atoms with van der Waals surface area (Å²) in [5.41, 5.74) is 4.28. The van der Waals surface area contributed by atoms with Crippen LogP contribution in [0.25, 0.3) is 0 Å². The number of fused-ring (bicyclic) bond motifs is 1. The van der Waals surface area contributed by atoms with Gasteiger partial charge in [-0.15, -0.1) is 0 Å². The Hall–Kier alpha value is -3.05. The van der Waals surface area contributed by atoms with Crippen molar-refractivity contribution < 1.29 is 21.6 Å². The molecule has 10 heteroatoms. The molecule has 0 radical (unpaired) electrons. The molecule has 0 atom stereocenters. The number of nitrogens with zero attached hydrogens (tertiary/aromatic N) is 2. The summed E-state index contributed by atoms with van der Waals surface area (Å²) in [5, 5.41) is 3.02. The zero-order valence-electron chi connectivity index (χ0n) is 24.3. The summed E-state index contributed by atoms with van der Waals surface area (Å²) in [5.74, 6) is -0.172. The molecule has 1 amide bonds. The minimum Gasteiger partial charge on any atom is -0.351 e. The van der Waals surface area contributed by atoms with Crippen molar-refractivity contribution >= 4 is 25.8 Å². The molecule has 1 heterocycles. The fourth-order valence-corrected chi connectivity index (χ4v) is 6.90. The smallest absolute Gasteiger partial charge is 0.251 e. The molecule has 3 aromatic carbocycles. The van der Waals surface area contributed by atoms with Crippen molar-refractivity contribution in [3.63, 3.8) is 0 Å². The lowest BCUT2D eigenvalue weighted by Gasteiger charge is -2.36. The molecular formula is C31H39N3O5S2. The Bertz CT molecular complexity index is 1610. The van der Waals surface area contributed by atoms with Gasteiger partial charge in [-0.1, -0.05) is 35.9 Å². The van der Waals surface area contributed by atoms with Crippen LogP contribution in [0.15, 0.2) is 76.5 Å². The van der Waals surface area contributed by atoms with Gasteiger partial charge in [0, 0.05) is 50.1 Å². The van der Waals surface area contributed by atoms with E-state index in [1.807, 2.05) is 31.2 Å². The monoisotopic (exact) mass is 597 g/mol. The lowest BCUT2D eigenvalue weighted by atomic mass is 9.98. The maximum absolute atomic E-state index is 13.1. The van der Waals surface area contributed by atoms with E-state index in [9.17, 15) is 21.6 Å². The number of rotatable bonds is 9. The third-order valence-electron chi connectivity index (χ3n) is 7.45. The highest BCUT2D eigenvalue weighted by Crippen LogP contribution is 2.26. The van der Waals surface area contributed by atoms with E-state index in [0.717, 1.165) is 22.3 Å². The molecule has 4 rings (SSSR count). The minimum absolute atomic E-state index is 0.170. The minimum atomic E-state index is -3.59. The van der Waals surface area contributed by atoms with E-state index in [0.29, 0.717) is 43.1 Å². The Morgan fingerprint density at radius 3 is 2.15 bits per heavy atom. The first kappa shape index (κ1) is 30.9. The molecule has 1 aliphatic heterocycles. The average molecular weight is 598 g/mol. The summed E-state index contributed by atoms with van der Waals surface area (Å²) < 4.78 is 51.3. The third kappa shape index (κ3) is 7.62. The fourth-order valence-electron chi connectivity index (χ4n) is 4.85. The molecule has 3 aromatic rings. The molecule has 0 aromatic heterocycles. The predicted octanol–water partition coefficient (Wildman–Crippen LogP) is 4.18. The molecule has 0 saturated heterocycles. The first-order valence-electron chi connectivity index (χ1n) is 13.7. The molecule has 0 bridgehead atoms. The van der Waals surface area contributed by atoms with E-state index in [4.69, 9.17) is 0 Å². The summed E-state index contributed by atoms with van der Waals surface area (Å²) in [6.45, 7) is 10.5. The van der Waals surface area contributed by atoms with Crippen LogP contribution in [0.2, 0.25) is 0 Å². The molecular weight excluding hydrogens is 558 g/mol. The SMILES string of the molecule is Cc1ccc(S(=O)(=O)N2CCc3cc(C(=O)NCCN(Cc4ccc(S(C)(=O)=O)cc4)C(C)(C)C)ccc3C2)cc1. The number of nitrogens with one attached hydrogen (secondary N) is 1. The summed E-state index contributed by atoms with van der Waals surface area (Å²) >= 11 is 0. The van der Waals surface area contributed by atoms with Crippen LogP contribution < -0.4 is 5.32 Å². The Morgan fingerprint density at radius 1 is 0.902 bits per heavy atom. The van der Waals surface area contributed by atoms with Crippen molar-refractivity contribution in [2.75, 3.05) is 25.9 Å². The van der Waals surface area contributed by atoms with E-state index in [1.54, 1.807) is 42.5 Å². The van der Waals surface area contributed by atoms with Crippen LogP contribution in [0, 0.1) is 6.92 Å². The van der Waals surface area contributed by atoms with Crippen molar-refractivity contribution in [3.8, 4) is 0 Å². The first-order valence-corrected chi connectivity index (χ1v) is 17.0. The van der Waals surface area contributed by atoms with Gasteiger partial charge in [-0.05, 0) is 87.2 Å². The molecule has 1 N–H and O–H groups in total. The zero-order valence-corrected chi connectivity index (χ0v) is 26.0. The van der Waals surface area contributed by atoms with Crippen LogP contribution in [0.4, 0.5) is 0 Å².